The van der Waals surface area contributed by atoms with Crippen molar-refractivity contribution in [2.45, 2.75) is 0 Å². The first-order chi connectivity index (χ1) is 9.69. The van der Waals surface area contributed by atoms with Gasteiger partial charge >= 0.3 is 0 Å². The molecule has 0 unspecified atom stereocenters. The van der Waals surface area contributed by atoms with Crippen LogP contribution in [0.1, 0.15) is 0 Å². The molecular weight excluding hydrogens is 258 g/mol. The van der Waals surface area contributed by atoms with Crippen LogP contribution < -0.4 is 24.7 Å². The lowest BCUT2D eigenvalue weighted by atomic mass is 10.2. The first kappa shape index (κ1) is 13.9. The molecule has 0 aliphatic rings. The van der Waals surface area contributed by atoms with Gasteiger partial charge in [0.2, 0.25) is 0 Å². The molecule has 0 spiro atoms. The molecule has 2 rings (SSSR count). The molecule has 5 heteroatoms. The van der Waals surface area contributed by atoms with Gasteiger partial charge in [0, 0.05) is 12.1 Å². The van der Waals surface area contributed by atoms with Crippen molar-refractivity contribution in [1.29, 1.82) is 0 Å². The summed E-state index contributed by atoms with van der Waals surface area (Å²) in [7, 11) is 4.69. The van der Waals surface area contributed by atoms with E-state index < -0.39 is 0 Å². The third kappa shape index (κ3) is 2.71. The molecule has 0 atom stereocenters. The van der Waals surface area contributed by atoms with Gasteiger partial charge in [-0.05, 0) is 12.1 Å². The third-order valence-corrected chi connectivity index (χ3v) is 2.80. The Hall–Kier alpha value is -2.56. The molecule has 0 saturated heterocycles. The van der Waals surface area contributed by atoms with E-state index in [9.17, 15) is 0 Å². The van der Waals surface area contributed by atoms with Crippen molar-refractivity contribution >= 4 is 5.69 Å². The number of nitrogen functional groups attached to an aromatic ring is 1. The number of nitrogens with two attached hydrogens (primary N) is 1. The molecule has 2 aromatic rings. The summed E-state index contributed by atoms with van der Waals surface area (Å²) < 4.78 is 21.4. The molecule has 106 valence electrons. The topological polar surface area (TPSA) is 62.9 Å². The van der Waals surface area contributed by atoms with E-state index in [2.05, 4.69) is 0 Å². The standard InChI is InChI=1S/C15H17NO4/c1-17-11-6-4-5-7-12(11)20-13-9-15(19-3)14(18-2)8-10(13)16/h4-9H,16H2,1-3H3. The van der Waals surface area contributed by atoms with Crippen molar-refractivity contribution in [3.05, 3.63) is 36.4 Å². The van der Waals surface area contributed by atoms with Gasteiger partial charge < -0.3 is 24.7 Å². The largest absolute Gasteiger partial charge is 0.493 e. The Morgan fingerprint density at radius 1 is 0.700 bits per heavy atom. The van der Waals surface area contributed by atoms with Crippen molar-refractivity contribution in [1.82, 2.24) is 0 Å². The highest BCUT2D eigenvalue weighted by atomic mass is 16.5. The summed E-state index contributed by atoms with van der Waals surface area (Å²) in [5, 5.41) is 0. The lowest BCUT2D eigenvalue weighted by molar-refractivity contribution is 0.350. The van der Waals surface area contributed by atoms with E-state index in [0.717, 1.165) is 0 Å². The summed E-state index contributed by atoms with van der Waals surface area (Å²) in [5.74, 6) is 2.78. The van der Waals surface area contributed by atoms with E-state index >= 15 is 0 Å². The van der Waals surface area contributed by atoms with Crippen LogP contribution in [0.5, 0.6) is 28.7 Å². The SMILES string of the molecule is COc1cc(N)c(Oc2ccccc2OC)cc1OC. The maximum absolute atomic E-state index is 5.96. The molecule has 0 aromatic heterocycles. The number of benzene rings is 2. The number of rotatable bonds is 5. The molecule has 0 saturated carbocycles. The highest BCUT2D eigenvalue weighted by Crippen LogP contribution is 2.40. The van der Waals surface area contributed by atoms with E-state index in [0.29, 0.717) is 34.4 Å². The maximum Gasteiger partial charge on any atom is 0.169 e. The molecule has 2 N–H and O–H groups in total. The Labute approximate surface area is 117 Å². The summed E-state index contributed by atoms with van der Waals surface area (Å²) in [4.78, 5) is 0. The van der Waals surface area contributed by atoms with E-state index in [-0.39, 0.29) is 0 Å². The Balaban J connectivity index is 2.38. The number of para-hydroxylation sites is 2. The third-order valence-electron chi connectivity index (χ3n) is 2.80. The summed E-state index contributed by atoms with van der Waals surface area (Å²) in [6, 6.07) is 10.7. The van der Waals surface area contributed by atoms with Crippen molar-refractivity contribution in [3.8, 4) is 28.7 Å². The van der Waals surface area contributed by atoms with Crippen LogP contribution in [0.3, 0.4) is 0 Å². The van der Waals surface area contributed by atoms with Crippen molar-refractivity contribution < 1.29 is 18.9 Å². The predicted octanol–water partition coefficient (Wildman–Crippen LogP) is 3.09. The molecule has 0 amide bonds. The summed E-state index contributed by atoms with van der Waals surface area (Å²) >= 11 is 0. The summed E-state index contributed by atoms with van der Waals surface area (Å²) in [6.07, 6.45) is 0. The summed E-state index contributed by atoms with van der Waals surface area (Å²) in [6.45, 7) is 0. The van der Waals surface area contributed by atoms with E-state index in [4.69, 9.17) is 24.7 Å². The van der Waals surface area contributed by atoms with Crippen LogP contribution in [0.4, 0.5) is 5.69 Å². The first-order valence-corrected chi connectivity index (χ1v) is 6.02. The van der Waals surface area contributed by atoms with E-state index in [1.165, 1.54) is 0 Å². The second-order valence-corrected chi connectivity index (χ2v) is 4.00. The molecule has 0 aliphatic heterocycles. The normalized spacial score (nSPS) is 9.95. The van der Waals surface area contributed by atoms with Gasteiger partial charge in [-0.25, -0.2) is 0 Å². The number of anilines is 1. The van der Waals surface area contributed by atoms with Gasteiger partial charge in [0.15, 0.2) is 28.7 Å². The van der Waals surface area contributed by atoms with Crippen LogP contribution in [0.2, 0.25) is 0 Å². The molecular formula is C15H17NO4. The Bertz CT molecular complexity index is 598. The Kier molecular flexibility index (Phi) is 4.20. The van der Waals surface area contributed by atoms with Gasteiger partial charge in [0.1, 0.15) is 0 Å². The second-order valence-electron chi connectivity index (χ2n) is 4.00. The molecule has 0 bridgehead atoms. The zero-order valence-corrected chi connectivity index (χ0v) is 11.7. The minimum Gasteiger partial charge on any atom is -0.493 e. The van der Waals surface area contributed by atoms with Crippen LogP contribution in [-0.4, -0.2) is 21.3 Å². The fraction of sp³-hybridized carbons (Fsp3) is 0.200. The Morgan fingerprint density at radius 3 is 1.85 bits per heavy atom. The summed E-state index contributed by atoms with van der Waals surface area (Å²) in [5.41, 5.74) is 6.41. The lowest BCUT2D eigenvalue weighted by Gasteiger charge is -2.14. The molecule has 0 fully saturated rings. The number of ether oxygens (including phenoxy) is 4. The average molecular weight is 275 g/mol. The molecule has 5 nitrogen and oxygen atoms in total. The second kappa shape index (κ2) is 6.06. The van der Waals surface area contributed by atoms with Gasteiger partial charge in [-0.2, -0.15) is 0 Å². The van der Waals surface area contributed by atoms with Gasteiger partial charge in [0.05, 0.1) is 27.0 Å². The monoisotopic (exact) mass is 275 g/mol. The van der Waals surface area contributed by atoms with Crippen LogP contribution in [-0.2, 0) is 0 Å². The van der Waals surface area contributed by atoms with Gasteiger partial charge in [-0.15, -0.1) is 0 Å². The first-order valence-electron chi connectivity index (χ1n) is 6.02. The van der Waals surface area contributed by atoms with E-state index in [1.54, 1.807) is 39.5 Å². The predicted molar refractivity (Wildman–Crippen MR) is 77.0 cm³/mol. The van der Waals surface area contributed by atoms with Crippen LogP contribution in [0.15, 0.2) is 36.4 Å². The molecule has 20 heavy (non-hydrogen) atoms. The quantitative estimate of drug-likeness (QED) is 0.849. The molecule has 0 heterocycles. The molecule has 0 aliphatic carbocycles. The Morgan fingerprint density at radius 2 is 1.25 bits per heavy atom. The minimum absolute atomic E-state index is 0.452. The number of methoxy groups -OCH3 is 3. The van der Waals surface area contributed by atoms with Gasteiger partial charge in [-0.3, -0.25) is 0 Å². The average Bonchev–Trinajstić information content (AvgIpc) is 2.49. The van der Waals surface area contributed by atoms with Crippen LogP contribution in [0, 0.1) is 0 Å². The van der Waals surface area contributed by atoms with Crippen molar-refractivity contribution in [3.63, 3.8) is 0 Å². The smallest absolute Gasteiger partial charge is 0.169 e. The number of hydrogen-bond donors (Lipinski definition) is 1. The van der Waals surface area contributed by atoms with Gasteiger partial charge in [0.25, 0.3) is 0 Å². The fourth-order valence-electron chi connectivity index (χ4n) is 1.79. The van der Waals surface area contributed by atoms with Crippen LogP contribution >= 0.6 is 0 Å². The number of hydrogen-bond acceptors (Lipinski definition) is 5. The van der Waals surface area contributed by atoms with Crippen molar-refractivity contribution in [2.24, 2.45) is 0 Å². The zero-order valence-electron chi connectivity index (χ0n) is 11.7. The highest BCUT2D eigenvalue weighted by Gasteiger charge is 2.12. The maximum atomic E-state index is 5.96. The highest BCUT2D eigenvalue weighted by molar-refractivity contribution is 5.63. The molecule has 0 radical (unpaired) electrons. The van der Waals surface area contributed by atoms with Crippen LogP contribution in [0.25, 0.3) is 0 Å². The minimum atomic E-state index is 0.452. The van der Waals surface area contributed by atoms with Gasteiger partial charge in [-0.1, -0.05) is 12.1 Å². The van der Waals surface area contributed by atoms with Crippen molar-refractivity contribution in [2.75, 3.05) is 27.1 Å². The zero-order chi connectivity index (χ0) is 14.5. The van der Waals surface area contributed by atoms with E-state index in [1.807, 2.05) is 18.2 Å². The molecule has 2 aromatic carbocycles. The fourth-order valence-corrected chi connectivity index (χ4v) is 1.79. The lowest BCUT2D eigenvalue weighted by Crippen LogP contribution is -1.97.